The van der Waals surface area contributed by atoms with Crippen molar-refractivity contribution in [3.05, 3.63) is 58.1 Å². The van der Waals surface area contributed by atoms with Crippen LogP contribution in [0.3, 0.4) is 0 Å². The van der Waals surface area contributed by atoms with Crippen LogP contribution in [0, 0.1) is 17.8 Å². The maximum atomic E-state index is 12.6. The summed E-state index contributed by atoms with van der Waals surface area (Å²) in [5.41, 5.74) is 3.81. The van der Waals surface area contributed by atoms with Crippen LogP contribution in [0.1, 0.15) is 72.9 Å². The topological polar surface area (TPSA) is 91.4 Å². The van der Waals surface area contributed by atoms with Crippen LogP contribution >= 0.6 is 11.6 Å². The zero-order chi connectivity index (χ0) is 31.1. The SMILES string of the molecule is COC(=O)c1ccc2c(c1)N(C[C@@H]1CC[C@H]1[C@@H](OC)[C@H]1CCC[C@@H](OS(C)(=O)=O)C1)CC1(CCCc3cc(Cl)ccc31)CO2. The van der Waals surface area contributed by atoms with Gasteiger partial charge < -0.3 is 19.1 Å². The number of hydrogen-bond acceptors (Lipinski definition) is 8. The van der Waals surface area contributed by atoms with Crippen molar-refractivity contribution < 1.29 is 31.6 Å². The van der Waals surface area contributed by atoms with Crippen LogP contribution < -0.4 is 9.64 Å². The van der Waals surface area contributed by atoms with E-state index in [4.69, 9.17) is 30.0 Å². The number of carbonyl (C=O) groups is 1. The monoisotopic (exact) mass is 645 g/mol. The van der Waals surface area contributed by atoms with E-state index in [1.165, 1.54) is 18.2 Å². The van der Waals surface area contributed by atoms with Gasteiger partial charge in [0.15, 0.2) is 0 Å². The Bertz CT molecular complexity index is 1480. The Kier molecular flexibility index (Phi) is 9.22. The second-order valence-electron chi connectivity index (χ2n) is 13.3. The number of methoxy groups -OCH3 is 2. The molecule has 1 spiro atoms. The molecule has 6 atom stereocenters. The van der Waals surface area contributed by atoms with Crippen LogP contribution in [0.5, 0.6) is 5.75 Å². The molecule has 4 aliphatic rings. The Balaban J connectivity index is 1.29. The number of ether oxygens (including phenoxy) is 3. The number of benzene rings is 2. The maximum absolute atomic E-state index is 12.6. The molecule has 0 amide bonds. The third-order valence-electron chi connectivity index (χ3n) is 10.5. The first-order valence-electron chi connectivity index (χ1n) is 15.9. The summed E-state index contributed by atoms with van der Waals surface area (Å²) in [6, 6.07) is 11.9. The lowest BCUT2D eigenvalue weighted by Crippen LogP contribution is -2.51. The summed E-state index contributed by atoms with van der Waals surface area (Å²) in [7, 11) is -0.308. The van der Waals surface area contributed by atoms with E-state index in [2.05, 4.69) is 17.0 Å². The van der Waals surface area contributed by atoms with Gasteiger partial charge in [0.2, 0.25) is 0 Å². The largest absolute Gasteiger partial charge is 0.490 e. The molecule has 2 aromatic carbocycles. The van der Waals surface area contributed by atoms with E-state index < -0.39 is 10.1 Å². The van der Waals surface area contributed by atoms with Gasteiger partial charge in [-0.25, -0.2) is 4.79 Å². The standard InChI is InChI=1S/C34H44ClNO7S/c1-40-32(23-6-4-8-27(17-23)43-44(3,38)39)28-12-9-25(28)19-36-20-34(15-5-7-22-16-26(35)11-13-29(22)34)21-42-31-14-10-24(18-30(31)36)33(37)41-2/h10-11,13-14,16,18,23,25,27-28,32H,4-9,12,15,17,19-21H2,1-3H3/t23-,25-,27+,28+,32-,34?/m0/s1. The second kappa shape index (κ2) is 12.8. The highest BCUT2D eigenvalue weighted by atomic mass is 35.5. The molecule has 240 valence electrons. The van der Waals surface area contributed by atoms with Crippen molar-refractivity contribution >= 4 is 33.4 Å². The summed E-state index contributed by atoms with van der Waals surface area (Å²) in [4.78, 5) is 15.0. The van der Waals surface area contributed by atoms with Crippen molar-refractivity contribution in [2.45, 2.75) is 75.4 Å². The quantitative estimate of drug-likeness (QED) is 0.249. The summed E-state index contributed by atoms with van der Waals surface area (Å²) in [6.07, 6.45) is 9.51. The van der Waals surface area contributed by atoms with Crippen molar-refractivity contribution in [1.29, 1.82) is 0 Å². The van der Waals surface area contributed by atoms with Crippen LogP contribution in [-0.2, 0) is 35.6 Å². The summed E-state index contributed by atoms with van der Waals surface area (Å²) in [5, 5.41) is 0.757. The van der Waals surface area contributed by atoms with Gasteiger partial charge in [-0.3, -0.25) is 4.18 Å². The number of fused-ring (bicyclic) bond motifs is 3. The van der Waals surface area contributed by atoms with Crippen molar-refractivity contribution in [3.63, 3.8) is 0 Å². The van der Waals surface area contributed by atoms with Gasteiger partial charge in [0, 0.05) is 30.6 Å². The van der Waals surface area contributed by atoms with E-state index in [1.807, 2.05) is 18.2 Å². The third-order valence-corrected chi connectivity index (χ3v) is 11.4. The minimum atomic E-state index is -3.50. The minimum Gasteiger partial charge on any atom is -0.490 e. The minimum absolute atomic E-state index is 0.0373. The predicted octanol–water partition coefficient (Wildman–Crippen LogP) is 6.18. The number of carbonyl (C=O) groups excluding carboxylic acids is 1. The lowest BCUT2D eigenvalue weighted by atomic mass is 9.65. The summed E-state index contributed by atoms with van der Waals surface area (Å²) in [5.74, 6) is 1.40. The van der Waals surface area contributed by atoms with Crippen LogP contribution in [-0.4, -0.2) is 66.8 Å². The zero-order valence-corrected chi connectivity index (χ0v) is 27.5. The van der Waals surface area contributed by atoms with E-state index in [0.717, 1.165) is 87.2 Å². The number of nitrogens with zero attached hydrogens (tertiary/aromatic N) is 1. The van der Waals surface area contributed by atoms with Gasteiger partial charge in [-0.15, -0.1) is 0 Å². The van der Waals surface area contributed by atoms with Crippen molar-refractivity contribution in [2.24, 2.45) is 17.8 Å². The second-order valence-corrected chi connectivity index (χ2v) is 15.4. The van der Waals surface area contributed by atoms with Crippen molar-refractivity contribution in [3.8, 4) is 5.75 Å². The molecule has 44 heavy (non-hydrogen) atoms. The molecule has 1 heterocycles. The fraction of sp³-hybridized carbons (Fsp3) is 0.618. The average molecular weight is 646 g/mol. The highest BCUT2D eigenvalue weighted by Crippen LogP contribution is 2.48. The number of hydrogen-bond donors (Lipinski definition) is 0. The number of anilines is 1. The van der Waals surface area contributed by atoms with Gasteiger partial charge in [-0.05, 0) is 111 Å². The summed E-state index contributed by atoms with van der Waals surface area (Å²) < 4.78 is 47.0. The van der Waals surface area contributed by atoms with Crippen LogP contribution in [0.4, 0.5) is 5.69 Å². The molecule has 2 saturated carbocycles. The molecular weight excluding hydrogens is 602 g/mol. The van der Waals surface area contributed by atoms with Crippen molar-refractivity contribution in [1.82, 2.24) is 0 Å². The molecule has 0 N–H and O–H groups in total. The number of rotatable bonds is 8. The Morgan fingerprint density at radius 2 is 1.95 bits per heavy atom. The molecule has 0 bridgehead atoms. The molecule has 8 nitrogen and oxygen atoms in total. The lowest BCUT2D eigenvalue weighted by Gasteiger charge is -2.48. The fourth-order valence-electron chi connectivity index (χ4n) is 8.43. The Labute approximate surface area is 266 Å². The normalized spacial score (nSPS) is 29.0. The highest BCUT2D eigenvalue weighted by Gasteiger charge is 2.46. The first-order chi connectivity index (χ1) is 21.1. The van der Waals surface area contributed by atoms with E-state index in [9.17, 15) is 13.2 Å². The van der Waals surface area contributed by atoms with Crippen LogP contribution in [0.15, 0.2) is 36.4 Å². The molecule has 1 unspecified atom stereocenters. The maximum Gasteiger partial charge on any atom is 0.337 e. The highest BCUT2D eigenvalue weighted by molar-refractivity contribution is 7.86. The molecule has 3 aliphatic carbocycles. The Morgan fingerprint density at radius 3 is 2.68 bits per heavy atom. The Hall–Kier alpha value is -2.33. The summed E-state index contributed by atoms with van der Waals surface area (Å²) in [6.45, 7) is 2.14. The summed E-state index contributed by atoms with van der Waals surface area (Å²) >= 11 is 6.42. The van der Waals surface area contributed by atoms with Gasteiger partial charge in [-0.2, -0.15) is 8.42 Å². The lowest BCUT2D eigenvalue weighted by molar-refractivity contribution is -0.0693. The predicted molar refractivity (Wildman–Crippen MR) is 170 cm³/mol. The molecule has 1 aliphatic heterocycles. The van der Waals surface area contributed by atoms with Crippen LogP contribution in [0.25, 0.3) is 0 Å². The van der Waals surface area contributed by atoms with Gasteiger partial charge >= 0.3 is 5.97 Å². The van der Waals surface area contributed by atoms with Gasteiger partial charge in [0.05, 0.1) is 43.4 Å². The molecule has 0 saturated heterocycles. The molecule has 2 aromatic rings. The van der Waals surface area contributed by atoms with E-state index in [0.29, 0.717) is 30.4 Å². The number of esters is 1. The number of aryl methyl sites for hydroxylation is 1. The van der Waals surface area contributed by atoms with Gasteiger partial charge in [0.25, 0.3) is 10.1 Å². The van der Waals surface area contributed by atoms with E-state index >= 15 is 0 Å². The van der Waals surface area contributed by atoms with Gasteiger partial charge in [-0.1, -0.05) is 24.1 Å². The zero-order valence-electron chi connectivity index (χ0n) is 25.9. The molecule has 2 fully saturated rings. The molecule has 0 radical (unpaired) electrons. The Morgan fingerprint density at radius 1 is 1.11 bits per heavy atom. The van der Waals surface area contributed by atoms with Crippen LogP contribution in [0.2, 0.25) is 5.02 Å². The smallest absolute Gasteiger partial charge is 0.337 e. The molecule has 0 aromatic heterocycles. The number of halogens is 1. The molecule has 6 rings (SSSR count). The first kappa shape index (κ1) is 31.6. The van der Waals surface area contributed by atoms with Gasteiger partial charge in [0.1, 0.15) is 5.75 Å². The first-order valence-corrected chi connectivity index (χ1v) is 18.1. The van der Waals surface area contributed by atoms with E-state index in [1.54, 1.807) is 13.2 Å². The van der Waals surface area contributed by atoms with E-state index in [-0.39, 0.29) is 29.5 Å². The molecule has 10 heteroatoms. The molecular formula is C34H44ClNO7S. The van der Waals surface area contributed by atoms with Crippen molar-refractivity contribution in [2.75, 3.05) is 45.1 Å². The average Bonchev–Trinajstić information content (AvgIpc) is 3.13. The third kappa shape index (κ3) is 6.48. The fourth-order valence-corrected chi connectivity index (χ4v) is 9.29.